The molecular formula is C27H22INO6S. The minimum Gasteiger partial charge on any atom is -0.497 e. The van der Waals surface area contributed by atoms with Gasteiger partial charge in [0.25, 0.3) is 11.1 Å². The number of carbonyl (C=O) groups excluding carboxylic acids is 3. The van der Waals surface area contributed by atoms with Crippen LogP contribution < -0.4 is 14.2 Å². The molecule has 0 N–H and O–H groups in total. The molecule has 4 rings (SSSR count). The third-order valence-electron chi connectivity index (χ3n) is 5.40. The Kier molecular flexibility index (Phi) is 8.00. The Labute approximate surface area is 226 Å². The fraction of sp³-hybridized carbons (Fsp3) is 0.148. The van der Waals surface area contributed by atoms with Gasteiger partial charge >= 0.3 is 5.97 Å². The van der Waals surface area contributed by atoms with Gasteiger partial charge in [0.05, 0.1) is 34.8 Å². The van der Waals surface area contributed by atoms with E-state index in [4.69, 9.17) is 14.2 Å². The number of aryl methyl sites for hydroxylation is 1. The Balaban J connectivity index is 1.54. The van der Waals surface area contributed by atoms with E-state index in [-0.39, 0.29) is 23.4 Å². The molecule has 0 atom stereocenters. The van der Waals surface area contributed by atoms with Crippen molar-refractivity contribution in [3.8, 4) is 17.2 Å². The second-order valence-corrected chi connectivity index (χ2v) is 10.1. The first-order chi connectivity index (χ1) is 17.3. The number of hydrogen-bond acceptors (Lipinski definition) is 7. The zero-order valence-electron chi connectivity index (χ0n) is 19.7. The number of nitrogens with zero attached hydrogens (tertiary/aromatic N) is 1. The molecule has 0 aromatic heterocycles. The zero-order valence-corrected chi connectivity index (χ0v) is 22.7. The van der Waals surface area contributed by atoms with Crippen LogP contribution >= 0.6 is 34.4 Å². The van der Waals surface area contributed by atoms with E-state index in [1.165, 1.54) is 12.0 Å². The van der Waals surface area contributed by atoms with Gasteiger partial charge in [0.1, 0.15) is 5.75 Å². The van der Waals surface area contributed by atoms with E-state index in [0.29, 0.717) is 31.1 Å². The van der Waals surface area contributed by atoms with E-state index < -0.39 is 5.97 Å². The molecular weight excluding hydrogens is 593 g/mol. The van der Waals surface area contributed by atoms with Crippen LogP contribution in [-0.2, 0) is 11.3 Å². The van der Waals surface area contributed by atoms with Gasteiger partial charge in [-0.15, -0.1) is 0 Å². The molecule has 1 saturated heterocycles. The highest BCUT2D eigenvalue weighted by atomic mass is 127. The smallest absolute Gasteiger partial charge is 0.343 e. The van der Waals surface area contributed by atoms with Gasteiger partial charge in [-0.2, -0.15) is 0 Å². The topological polar surface area (TPSA) is 82.1 Å². The second-order valence-electron chi connectivity index (χ2n) is 7.91. The average Bonchev–Trinajstić information content (AvgIpc) is 3.13. The highest BCUT2D eigenvalue weighted by Crippen LogP contribution is 2.38. The van der Waals surface area contributed by atoms with Crippen molar-refractivity contribution in [3.05, 3.63) is 91.4 Å². The lowest BCUT2D eigenvalue weighted by molar-refractivity contribution is -0.123. The first kappa shape index (κ1) is 25.8. The molecule has 0 radical (unpaired) electrons. The monoisotopic (exact) mass is 615 g/mol. The summed E-state index contributed by atoms with van der Waals surface area (Å²) in [6.45, 7) is 2.19. The lowest BCUT2D eigenvalue weighted by Gasteiger charge is -2.13. The van der Waals surface area contributed by atoms with Crippen LogP contribution in [0.5, 0.6) is 17.2 Å². The van der Waals surface area contributed by atoms with Crippen LogP contribution in [0.4, 0.5) is 4.79 Å². The predicted molar refractivity (Wildman–Crippen MR) is 146 cm³/mol. The Morgan fingerprint density at radius 2 is 1.69 bits per heavy atom. The van der Waals surface area contributed by atoms with E-state index in [0.717, 1.165) is 22.9 Å². The molecule has 3 aromatic carbocycles. The van der Waals surface area contributed by atoms with Crippen molar-refractivity contribution in [1.82, 2.24) is 4.90 Å². The molecule has 1 aliphatic heterocycles. The van der Waals surface area contributed by atoms with E-state index in [1.54, 1.807) is 49.6 Å². The van der Waals surface area contributed by atoms with Crippen molar-refractivity contribution in [2.24, 2.45) is 0 Å². The number of thioether (sulfide) groups is 1. The van der Waals surface area contributed by atoms with Crippen LogP contribution in [0.2, 0.25) is 0 Å². The fourth-order valence-electron chi connectivity index (χ4n) is 3.46. The number of imide groups is 1. The Hall–Kier alpha value is -3.31. The third kappa shape index (κ3) is 5.73. The SMILES string of the molecule is COc1ccc(C(=O)Oc2c(I)cc(/C=C3\SC(=O)N(Cc4ccc(C)cc4)C3=O)cc2OC)cc1. The van der Waals surface area contributed by atoms with Crippen LogP contribution in [0.1, 0.15) is 27.0 Å². The summed E-state index contributed by atoms with van der Waals surface area (Å²) in [5, 5.41) is -0.321. The molecule has 184 valence electrons. The first-order valence-electron chi connectivity index (χ1n) is 10.8. The summed E-state index contributed by atoms with van der Waals surface area (Å²) in [5.74, 6) is 0.331. The molecule has 0 unspecified atom stereocenters. The Morgan fingerprint density at radius 3 is 2.33 bits per heavy atom. The number of methoxy groups -OCH3 is 2. The molecule has 1 heterocycles. The van der Waals surface area contributed by atoms with Crippen molar-refractivity contribution in [3.63, 3.8) is 0 Å². The molecule has 0 aliphatic carbocycles. The zero-order chi connectivity index (χ0) is 25.8. The van der Waals surface area contributed by atoms with Crippen LogP contribution in [0.25, 0.3) is 6.08 Å². The van der Waals surface area contributed by atoms with Crippen LogP contribution in [0.15, 0.2) is 65.6 Å². The van der Waals surface area contributed by atoms with Crippen molar-refractivity contribution in [2.45, 2.75) is 13.5 Å². The van der Waals surface area contributed by atoms with Crippen molar-refractivity contribution in [2.75, 3.05) is 14.2 Å². The molecule has 1 aliphatic rings. The van der Waals surface area contributed by atoms with E-state index in [2.05, 4.69) is 0 Å². The number of benzene rings is 3. The van der Waals surface area contributed by atoms with Crippen LogP contribution in [0.3, 0.4) is 0 Å². The standard InChI is InChI=1S/C27H22INO6S/c1-16-4-6-17(7-5-16)15-29-25(30)23(36-27(29)32)14-18-12-21(28)24(22(13-18)34-3)35-26(31)19-8-10-20(33-2)11-9-19/h4-14H,15H2,1-3H3/b23-14-. The molecule has 2 amide bonds. The summed E-state index contributed by atoms with van der Waals surface area (Å²) in [7, 11) is 3.02. The van der Waals surface area contributed by atoms with Gasteiger partial charge < -0.3 is 14.2 Å². The first-order valence-corrected chi connectivity index (χ1v) is 12.7. The van der Waals surface area contributed by atoms with Gasteiger partial charge in [-0.1, -0.05) is 29.8 Å². The minimum absolute atomic E-state index is 0.212. The predicted octanol–water partition coefficient (Wildman–Crippen LogP) is 6.07. The number of ether oxygens (including phenoxy) is 3. The van der Waals surface area contributed by atoms with Crippen LogP contribution in [-0.4, -0.2) is 36.2 Å². The maximum Gasteiger partial charge on any atom is 0.343 e. The summed E-state index contributed by atoms with van der Waals surface area (Å²) >= 11 is 2.93. The lowest BCUT2D eigenvalue weighted by Crippen LogP contribution is -2.27. The van der Waals surface area contributed by atoms with E-state index in [9.17, 15) is 14.4 Å². The largest absolute Gasteiger partial charge is 0.497 e. The van der Waals surface area contributed by atoms with E-state index >= 15 is 0 Å². The van der Waals surface area contributed by atoms with Gasteiger partial charge in [-0.25, -0.2) is 4.79 Å². The number of carbonyl (C=O) groups is 3. The van der Waals surface area contributed by atoms with Gasteiger partial charge in [-0.05, 0) is 94.9 Å². The van der Waals surface area contributed by atoms with Crippen LogP contribution in [0, 0.1) is 10.5 Å². The van der Waals surface area contributed by atoms with Gasteiger partial charge in [0.2, 0.25) is 0 Å². The quantitative estimate of drug-likeness (QED) is 0.138. The number of esters is 1. The third-order valence-corrected chi connectivity index (χ3v) is 7.11. The molecule has 0 saturated carbocycles. The maximum atomic E-state index is 13.0. The average molecular weight is 615 g/mol. The lowest BCUT2D eigenvalue weighted by atomic mass is 10.1. The number of halogens is 1. The Morgan fingerprint density at radius 1 is 1.00 bits per heavy atom. The Bertz CT molecular complexity index is 1350. The van der Waals surface area contributed by atoms with Gasteiger partial charge in [0, 0.05) is 0 Å². The summed E-state index contributed by atoms with van der Waals surface area (Å²) < 4.78 is 16.8. The van der Waals surface area contributed by atoms with Crippen molar-refractivity contribution >= 4 is 57.5 Å². The molecule has 0 bridgehead atoms. The maximum absolute atomic E-state index is 13.0. The van der Waals surface area contributed by atoms with Gasteiger partial charge in [-0.3, -0.25) is 14.5 Å². The summed E-state index contributed by atoms with van der Waals surface area (Å²) in [6.07, 6.45) is 1.64. The summed E-state index contributed by atoms with van der Waals surface area (Å²) in [4.78, 5) is 39.7. The number of rotatable bonds is 7. The normalized spacial score (nSPS) is 14.3. The number of amides is 2. The van der Waals surface area contributed by atoms with Gasteiger partial charge in [0.15, 0.2) is 11.5 Å². The molecule has 0 spiro atoms. The highest BCUT2D eigenvalue weighted by Gasteiger charge is 2.35. The molecule has 9 heteroatoms. The summed E-state index contributed by atoms with van der Waals surface area (Å²) in [5.41, 5.74) is 2.99. The van der Waals surface area contributed by atoms with Crippen molar-refractivity contribution < 1.29 is 28.6 Å². The minimum atomic E-state index is -0.543. The summed E-state index contributed by atoms with van der Waals surface area (Å²) in [6, 6.07) is 17.7. The van der Waals surface area contributed by atoms with E-state index in [1.807, 2.05) is 53.8 Å². The highest BCUT2D eigenvalue weighted by molar-refractivity contribution is 14.1. The fourth-order valence-corrected chi connectivity index (χ4v) is 5.04. The molecule has 3 aromatic rings. The molecule has 36 heavy (non-hydrogen) atoms. The molecule has 7 nitrogen and oxygen atoms in total. The second kappa shape index (κ2) is 11.2. The molecule has 1 fully saturated rings. The number of hydrogen-bond donors (Lipinski definition) is 0. The van der Waals surface area contributed by atoms with Crippen molar-refractivity contribution in [1.29, 1.82) is 0 Å².